The Bertz CT molecular complexity index is 486. The number of aromatic amines is 1. The van der Waals surface area contributed by atoms with Gasteiger partial charge in [0, 0.05) is 5.41 Å². The molecule has 3 N–H and O–H groups in total. The van der Waals surface area contributed by atoms with Crippen LogP contribution in [0.2, 0.25) is 0 Å². The Morgan fingerprint density at radius 3 is 2.87 bits per heavy atom. The van der Waals surface area contributed by atoms with Crippen LogP contribution in [0.1, 0.15) is 38.3 Å². The third-order valence-corrected chi connectivity index (χ3v) is 3.28. The standard InChI is InChI=1S/C9H14N4OS/c1-2-3-9(4-5-9)6-7(14)13(10)8(15)12-11-6/h2-5,10H2,1H3,(H,12,15). The number of aromatic nitrogens is 3. The summed E-state index contributed by atoms with van der Waals surface area (Å²) in [5, 5.41) is 6.67. The summed E-state index contributed by atoms with van der Waals surface area (Å²) in [5.41, 5.74) is 0.247. The van der Waals surface area contributed by atoms with E-state index in [9.17, 15) is 4.79 Å². The van der Waals surface area contributed by atoms with Crippen LogP contribution in [0.25, 0.3) is 0 Å². The van der Waals surface area contributed by atoms with Crippen molar-refractivity contribution in [3.05, 3.63) is 20.8 Å². The highest BCUT2D eigenvalue weighted by Crippen LogP contribution is 2.49. The van der Waals surface area contributed by atoms with Gasteiger partial charge in [0.2, 0.25) is 4.77 Å². The molecule has 6 heteroatoms. The van der Waals surface area contributed by atoms with Gasteiger partial charge in [0.1, 0.15) is 5.69 Å². The molecule has 82 valence electrons. The summed E-state index contributed by atoms with van der Waals surface area (Å²) in [7, 11) is 0. The maximum atomic E-state index is 11.8. The van der Waals surface area contributed by atoms with Gasteiger partial charge in [0.25, 0.3) is 5.56 Å². The maximum absolute atomic E-state index is 11.8. The van der Waals surface area contributed by atoms with E-state index in [0.717, 1.165) is 30.4 Å². The maximum Gasteiger partial charge on any atom is 0.295 e. The lowest BCUT2D eigenvalue weighted by atomic mass is 9.97. The Hall–Kier alpha value is -1.17. The van der Waals surface area contributed by atoms with E-state index in [-0.39, 0.29) is 15.7 Å². The predicted octanol–water partition coefficient (Wildman–Crippen LogP) is 0.846. The minimum absolute atomic E-state index is 0.0352. The lowest BCUT2D eigenvalue weighted by molar-refractivity contribution is 0.558. The average molecular weight is 226 g/mol. The highest BCUT2D eigenvalue weighted by atomic mass is 32.1. The number of nitrogens with two attached hydrogens (primary N) is 1. The summed E-state index contributed by atoms with van der Waals surface area (Å²) < 4.78 is 1.13. The van der Waals surface area contributed by atoms with Crippen LogP contribution in [0, 0.1) is 4.77 Å². The van der Waals surface area contributed by atoms with Gasteiger partial charge in [-0.25, -0.2) is 0 Å². The van der Waals surface area contributed by atoms with Gasteiger partial charge < -0.3 is 5.84 Å². The Kier molecular flexibility index (Phi) is 2.38. The molecule has 0 aromatic carbocycles. The van der Waals surface area contributed by atoms with E-state index < -0.39 is 0 Å². The number of nitrogen functional groups attached to an aromatic ring is 1. The van der Waals surface area contributed by atoms with E-state index in [4.69, 9.17) is 18.1 Å². The molecule has 15 heavy (non-hydrogen) atoms. The summed E-state index contributed by atoms with van der Waals surface area (Å²) in [6.45, 7) is 2.10. The molecule has 0 unspecified atom stereocenters. The van der Waals surface area contributed by atoms with Crippen LogP contribution in [0.15, 0.2) is 4.79 Å². The molecule has 1 aromatic heterocycles. The minimum Gasteiger partial charge on any atom is -0.334 e. The fraction of sp³-hybridized carbons (Fsp3) is 0.667. The number of nitrogens with one attached hydrogen (secondary N) is 1. The zero-order valence-electron chi connectivity index (χ0n) is 8.62. The van der Waals surface area contributed by atoms with Gasteiger partial charge in [-0.2, -0.15) is 9.77 Å². The molecule has 1 fully saturated rings. The van der Waals surface area contributed by atoms with Crippen LogP contribution < -0.4 is 11.4 Å². The number of rotatable bonds is 3. The van der Waals surface area contributed by atoms with E-state index in [1.54, 1.807) is 0 Å². The van der Waals surface area contributed by atoms with Crippen molar-refractivity contribution < 1.29 is 0 Å². The molecule has 1 heterocycles. The highest BCUT2D eigenvalue weighted by molar-refractivity contribution is 7.71. The van der Waals surface area contributed by atoms with Crippen LogP contribution in [0.3, 0.4) is 0 Å². The second kappa shape index (κ2) is 3.44. The lowest BCUT2D eigenvalue weighted by Crippen LogP contribution is -2.35. The fourth-order valence-electron chi connectivity index (χ4n) is 1.99. The van der Waals surface area contributed by atoms with Crippen LogP contribution in [0.5, 0.6) is 0 Å². The molecule has 5 nitrogen and oxygen atoms in total. The molecule has 0 radical (unpaired) electrons. The van der Waals surface area contributed by atoms with E-state index in [2.05, 4.69) is 17.1 Å². The van der Waals surface area contributed by atoms with Gasteiger partial charge >= 0.3 is 0 Å². The van der Waals surface area contributed by atoms with E-state index in [0.29, 0.717) is 5.69 Å². The largest absolute Gasteiger partial charge is 0.334 e. The van der Waals surface area contributed by atoms with Gasteiger partial charge in [0.05, 0.1) is 0 Å². The summed E-state index contributed by atoms with van der Waals surface area (Å²) >= 11 is 4.83. The molecular weight excluding hydrogens is 212 g/mol. The molecule has 1 saturated carbocycles. The second-order valence-corrected chi connectivity index (χ2v) is 4.47. The van der Waals surface area contributed by atoms with Crippen molar-refractivity contribution >= 4 is 12.2 Å². The predicted molar refractivity (Wildman–Crippen MR) is 59.7 cm³/mol. The van der Waals surface area contributed by atoms with Crippen molar-refractivity contribution in [2.75, 3.05) is 5.84 Å². The summed E-state index contributed by atoms with van der Waals surface area (Å²) in [5.74, 6) is 5.53. The summed E-state index contributed by atoms with van der Waals surface area (Å²) in [6.07, 6.45) is 4.07. The number of H-pyrrole nitrogens is 1. The summed E-state index contributed by atoms with van der Waals surface area (Å²) in [6, 6.07) is 0. The van der Waals surface area contributed by atoms with Gasteiger partial charge in [-0.3, -0.25) is 9.89 Å². The lowest BCUT2D eigenvalue weighted by Gasteiger charge is -2.12. The first-order chi connectivity index (χ1) is 7.10. The van der Waals surface area contributed by atoms with Crippen molar-refractivity contribution in [2.45, 2.75) is 38.0 Å². The molecule has 0 bridgehead atoms. The average Bonchev–Trinajstić information content (AvgIpc) is 2.96. The number of hydrogen-bond acceptors (Lipinski definition) is 4. The van der Waals surface area contributed by atoms with E-state index in [1.807, 2.05) is 0 Å². The highest BCUT2D eigenvalue weighted by Gasteiger charge is 2.47. The van der Waals surface area contributed by atoms with Gasteiger partial charge in [-0.1, -0.05) is 13.3 Å². The van der Waals surface area contributed by atoms with Crippen LogP contribution in [0.4, 0.5) is 0 Å². The van der Waals surface area contributed by atoms with Crippen LogP contribution >= 0.6 is 12.2 Å². The third kappa shape index (κ3) is 1.58. The Labute approximate surface area is 92.3 Å². The number of hydrogen-bond donors (Lipinski definition) is 2. The van der Waals surface area contributed by atoms with Crippen LogP contribution in [-0.2, 0) is 5.41 Å². The molecule has 0 amide bonds. The first kappa shape index (κ1) is 10.4. The fourth-order valence-corrected chi connectivity index (χ4v) is 2.12. The molecule has 2 rings (SSSR count). The van der Waals surface area contributed by atoms with Crippen molar-refractivity contribution in [1.29, 1.82) is 0 Å². The van der Waals surface area contributed by atoms with Crippen molar-refractivity contribution in [3.63, 3.8) is 0 Å². The molecular formula is C9H14N4OS. The van der Waals surface area contributed by atoms with Gasteiger partial charge in [-0.15, -0.1) is 0 Å². The molecule has 0 aliphatic heterocycles. The van der Waals surface area contributed by atoms with E-state index in [1.165, 1.54) is 0 Å². The smallest absolute Gasteiger partial charge is 0.295 e. The zero-order chi connectivity index (χ0) is 11.1. The first-order valence-electron chi connectivity index (χ1n) is 5.08. The Balaban J connectivity index is 2.51. The number of nitrogens with zero attached hydrogens (tertiary/aromatic N) is 2. The minimum atomic E-state index is -0.260. The van der Waals surface area contributed by atoms with Crippen molar-refractivity contribution in [1.82, 2.24) is 14.9 Å². The van der Waals surface area contributed by atoms with Gasteiger partial charge in [0.15, 0.2) is 0 Å². The molecule has 0 atom stereocenters. The normalized spacial score (nSPS) is 17.7. The molecule has 1 aromatic rings. The molecule has 1 aliphatic rings. The quantitative estimate of drug-likeness (QED) is 0.591. The molecule has 1 aliphatic carbocycles. The zero-order valence-corrected chi connectivity index (χ0v) is 9.43. The molecule has 0 spiro atoms. The SMILES string of the molecule is CCCC1(c2n[nH]c(=S)n(N)c2=O)CC1. The first-order valence-corrected chi connectivity index (χ1v) is 5.49. The van der Waals surface area contributed by atoms with Gasteiger partial charge in [-0.05, 0) is 31.5 Å². The Morgan fingerprint density at radius 2 is 2.33 bits per heavy atom. The van der Waals surface area contributed by atoms with Crippen LogP contribution in [-0.4, -0.2) is 14.9 Å². The third-order valence-electron chi connectivity index (χ3n) is 2.99. The second-order valence-electron chi connectivity index (χ2n) is 4.08. The molecule has 0 saturated heterocycles. The van der Waals surface area contributed by atoms with Crippen molar-refractivity contribution in [2.24, 2.45) is 0 Å². The topological polar surface area (TPSA) is 76.7 Å². The van der Waals surface area contributed by atoms with Crippen molar-refractivity contribution in [3.8, 4) is 0 Å². The Morgan fingerprint density at radius 1 is 1.67 bits per heavy atom. The van der Waals surface area contributed by atoms with E-state index >= 15 is 0 Å². The monoisotopic (exact) mass is 226 g/mol. The summed E-state index contributed by atoms with van der Waals surface area (Å²) in [4.78, 5) is 11.8.